The van der Waals surface area contributed by atoms with Gasteiger partial charge in [-0.25, -0.2) is 12.8 Å². The predicted molar refractivity (Wildman–Crippen MR) is 101 cm³/mol. The summed E-state index contributed by atoms with van der Waals surface area (Å²) in [6.07, 6.45) is -10.2. The van der Waals surface area contributed by atoms with Gasteiger partial charge in [-0.2, -0.15) is 26.3 Å². The minimum Gasteiger partial charge on any atom is -0.349 e. The highest BCUT2D eigenvalue weighted by molar-refractivity contribution is 7.92. The summed E-state index contributed by atoms with van der Waals surface area (Å²) in [4.78, 5) is 14.6. The third-order valence-corrected chi connectivity index (χ3v) is 7.58. The Bertz CT molecular complexity index is 1120. The van der Waals surface area contributed by atoms with Gasteiger partial charge < -0.3 is 5.32 Å². The van der Waals surface area contributed by atoms with Gasteiger partial charge in [-0.3, -0.25) is 9.78 Å². The molecule has 0 spiro atoms. The molecule has 1 fully saturated rings. The third kappa shape index (κ3) is 5.28. The normalized spacial score (nSPS) is 22.1. The van der Waals surface area contributed by atoms with Gasteiger partial charge in [0.25, 0.3) is 5.91 Å². The summed E-state index contributed by atoms with van der Waals surface area (Å²) >= 11 is 0. The zero-order valence-corrected chi connectivity index (χ0v) is 17.5. The Morgan fingerprint density at radius 2 is 1.64 bits per heavy atom. The summed E-state index contributed by atoms with van der Waals surface area (Å²) in [5, 5.41) is -0.344. The van der Waals surface area contributed by atoms with E-state index in [2.05, 4.69) is 10.3 Å². The third-order valence-electron chi connectivity index (χ3n) is 5.34. The molecule has 1 N–H and O–H groups in total. The molecule has 1 aliphatic carbocycles. The number of hydrogen-bond donors (Lipinski definition) is 1. The number of carbonyl (C=O) groups excluding carboxylic acids is 1. The van der Waals surface area contributed by atoms with Gasteiger partial charge in [-0.15, -0.1) is 0 Å². The summed E-state index contributed by atoms with van der Waals surface area (Å²) in [6, 6.07) is 3.69. The van der Waals surface area contributed by atoms with Crippen molar-refractivity contribution in [2.45, 2.75) is 54.0 Å². The molecule has 180 valence electrons. The van der Waals surface area contributed by atoms with Crippen molar-refractivity contribution >= 4 is 15.7 Å². The number of nitrogens with zero attached hydrogens (tertiary/aromatic N) is 1. The van der Waals surface area contributed by atoms with Gasteiger partial charge in [-0.1, -0.05) is 6.07 Å². The fourth-order valence-corrected chi connectivity index (χ4v) is 5.21. The van der Waals surface area contributed by atoms with Crippen molar-refractivity contribution in [1.29, 1.82) is 0 Å². The monoisotopic (exact) mass is 498 g/mol. The first kappa shape index (κ1) is 24.9. The van der Waals surface area contributed by atoms with Gasteiger partial charge in [0.15, 0.2) is 0 Å². The molecule has 0 bridgehead atoms. The number of sulfone groups is 1. The number of nitrogens with one attached hydrogen (secondary N) is 1. The fraction of sp³-hybridized carbons (Fsp3) is 0.400. The summed E-state index contributed by atoms with van der Waals surface area (Å²) in [5.41, 5.74) is -2.58. The quantitative estimate of drug-likeness (QED) is 0.607. The van der Waals surface area contributed by atoms with E-state index in [0.29, 0.717) is 18.2 Å². The lowest BCUT2D eigenvalue weighted by atomic mass is 9.93. The molecule has 1 amide bonds. The van der Waals surface area contributed by atoms with E-state index in [1.165, 1.54) is 0 Å². The van der Waals surface area contributed by atoms with Gasteiger partial charge in [0.05, 0.1) is 16.0 Å². The molecular weight excluding hydrogens is 481 g/mol. The second kappa shape index (κ2) is 8.58. The molecule has 1 aromatic carbocycles. The highest BCUT2D eigenvalue weighted by atomic mass is 32.2. The Labute approximate surface area is 183 Å². The molecule has 2 aromatic rings. The lowest BCUT2D eigenvalue weighted by molar-refractivity contribution is -0.141. The number of hydrogen-bond acceptors (Lipinski definition) is 4. The van der Waals surface area contributed by atoms with Crippen molar-refractivity contribution in [1.82, 2.24) is 10.3 Å². The van der Waals surface area contributed by atoms with Crippen LogP contribution in [0.3, 0.4) is 0 Å². The van der Waals surface area contributed by atoms with Crippen LogP contribution in [-0.2, 0) is 22.2 Å². The molecule has 1 heterocycles. The van der Waals surface area contributed by atoms with Crippen LogP contribution in [0, 0.1) is 0 Å². The van der Waals surface area contributed by atoms with Crippen LogP contribution in [0.25, 0.3) is 0 Å². The maximum absolute atomic E-state index is 15.4. The molecule has 13 heteroatoms. The molecule has 0 saturated heterocycles. The van der Waals surface area contributed by atoms with Gasteiger partial charge in [0.2, 0.25) is 14.8 Å². The zero-order chi connectivity index (χ0) is 24.7. The van der Waals surface area contributed by atoms with E-state index in [4.69, 9.17) is 0 Å². The summed E-state index contributed by atoms with van der Waals surface area (Å²) in [6.45, 7) is 0. The first-order chi connectivity index (χ1) is 15.1. The lowest BCUT2D eigenvalue weighted by Gasteiger charge is -2.34. The van der Waals surface area contributed by atoms with Crippen molar-refractivity contribution in [3.63, 3.8) is 0 Å². The number of carbonyl (C=O) groups is 1. The Balaban J connectivity index is 1.67. The van der Waals surface area contributed by atoms with E-state index < -0.39 is 68.1 Å². The van der Waals surface area contributed by atoms with Crippen LogP contribution < -0.4 is 5.32 Å². The van der Waals surface area contributed by atoms with E-state index in [1.807, 2.05) is 0 Å². The molecule has 3 rings (SSSR count). The number of halogens is 7. The summed E-state index contributed by atoms with van der Waals surface area (Å²) in [5.74, 6) is -0.770. The SMILES string of the molecule is O=C(N[C@H]1CC[C@@](F)(S(=O)(=O)c2cccc(C(F)(F)F)c2)CC1)c1ccc(C(F)(F)F)nc1. The van der Waals surface area contributed by atoms with Crippen LogP contribution in [0.1, 0.15) is 47.3 Å². The first-order valence-electron chi connectivity index (χ1n) is 9.58. The van der Waals surface area contributed by atoms with Gasteiger partial charge in [0.1, 0.15) is 5.69 Å². The molecule has 1 aliphatic rings. The molecule has 5 nitrogen and oxygen atoms in total. The predicted octanol–water partition coefficient (Wildman–Crippen LogP) is 4.93. The van der Waals surface area contributed by atoms with Crippen molar-refractivity contribution in [3.8, 4) is 0 Å². The average molecular weight is 498 g/mol. The minimum atomic E-state index is -4.80. The number of pyridine rings is 1. The van der Waals surface area contributed by atoms with E-state index in [1.54, 1.807) is 0 Å². The number of amides is 1. The van der Waals surface area contributed by atoms with Crippen molar-refractivity contribution in [2.24, 2.45) is 0 Å². The van der Waals surface area contributed by atoms with Gasteiger partial charge >= 0.3 is 12.4 Å². The average Bonchev–Trinajstić information content (AvgIpc) is 2.74. The standard InChI is InChI=1S/C20H17F7N2O3S/c21-18(33(31,32)15-3-1-2-13(10-15)19(22,23)24)8-6-14(7-9-18)29-17(30)12-4-5-16(28-11-12)20(25,26)27/h1-5,10-11,14H,6-9H2,(H,29,30)/t14-,18+. The van der Waals surface area contributed by atoms with Crippen molar-refractivity contribution in [2.75, 3.05) is 0 Å². The highest BCUT2D eigenvalue weighted by Crippen LogP contribution is 2.41. The smallest absolute Gasteiger partial charge is 0.349 e. The van der Waals surface area contributed by atoms with Gasteiger partial charge in [0, 0.05) is 12.2 Å². The zero-order valence-electron chi connectivity index (χ0n) is 16.7. The Kier molecular flexibility index (Phi) is 6.48. The van der Waals surface area contributed by atoms with Crippen LogP contribution in [0.15, 0.2) is 47.5 Å². The Morgan fingerprint density at radius 1 is 1.00 bits per heavy atom. The molecule has 0 radical (unpaired) electrons. The molecule has 0 atom stereocenters. The Morgan fingerprint density at radius 3 is 2.15 bits per heavy atom. The molecule has 33 heavy (non-hydrogen) atoms. The molecular formula is C20H17F7N2O3S. The highest BCUT2D eigenvalue weighted by Gasteiger charge is 2.48. The van der Waals surface area contributed by atoms with Crippen LogP contribution in [0.2, 0.25) is 0 Å². The van der Waals surface area contributed by atoms with Crippen LogP contribution in [-0.4, -0.2) is 30.4 Å². The molecule has 0 unspecified atom stereocenters. The topological polar surface area (TPSA) is 76.1 Å². The minimum absolute atomic E-state index is 0.144. The van der Waals surface area contributed by atoms with Crippen LogP contribution in [0.5, 0.6) is 0 Å². The largest absolute Gasteiger partial charge is 0.433 e. The molecule has 0 aliphatic heterocycles. The van der Waals surface area contributed by atoms with Crippen LogP contribution in [0.4, 0.5) is 30.7 Å². The van der Waals surface area contributed by atoms with Crippen LogP contribution >= 0.6 is 0 Å². The fourth-order valence-electron chi connectivity index (χ4n) is 3.48. The molecule has 1 saturated carbocycles. The second-order valence-electron chi connectivity index (χ2n) is 7.59. The van der Waals surface area contributed by atoms with Crippen molar-refractivity contribution < 1.29 is 43.9 Å². The van der Waals surface area contributed by atoms with Crippen molar-refractivity contribution in [3.05, 3.63) is 59.4 Å². The van der Waals surface area contributed by atoms with Gasteiger partial charge in [-0.05, 0) is 56.0 Å². The van der Waals surface area contributed by atoms with E-state index in [-0.39, 0.29) is 18.4 Å². The summed E-state index contributed by atoms with van der Waals surface area (Å²) < 4.78 is 117. The maximum atomic E-state index is 15.4. The van der Waals surface area contributed by atoms with E-state index >= 15 is 4.39 Å². The number of aromatic nitrogens is 1. The number of benzene rings is 1. The summed E-state index contributed by atoms with van der Waals surface area (Å²) in [7, 11) is -4.76. The maximum Gasteiger partial charge on any atom is 0.433 e. The van der Waals surface area contributed by atoms with E-state index in [0.717, 1.165) is 24.4 Å². The first-order valence-corrected chi connectivity index (χ1v) is 11.1. The van der Waals surface area contributed by atoms with E-state index in [9.17, 15) is 39.6 Å². The second-order valence-corrected chi connectivity index (χ2v) is 9.80. The Hall–Kier alpha value is -2.70. The lowest BCUT2D eigenvalue weighted by Crippen LogP contribution is -2.45. The molecule has 1 aromatic heterocycles. The number of rotatable bonds is 4. The number of alkyl halides is 7.